The molecule has 0 spiro atoms. The summed E-state index contributed by atoms with van der Waals surface area (Å²) in [6.45, 7) is 3.36. The highest BCUT2D eigenvalue weighted by Crippen LogP contribution is 2.39. The number of halogens is 2. The van der Waals surface area contributed by atoms with Crippen molar-refractivity contribution in [2.45, 2.75) is 19.9 Å². The summed E-state index contributed by atoms with van der Waals surface area (Å²) in [5.74, 6) is -0.333. The summed E-state index contributed by atoms with van der Waals surface area (Å²) in [7, 11) is 0. The molecule has 0 aliphatic carbocycles. The average molecular weight is 458 g/mol. The Bertz CT molecular complexity index is 1420. The van der Waals surface area contributed by atoms with Gasteiger partial charge in [0.25, 0.3) is 5.89 Å². The van der Waals surface area contributed by atoms with Crippen molar-refractivity contribution in [2.24, 2.45) is 0 Å². The normalized spacial score (nSPS) is 16.1. The molecule has 1 aliphatic rings. The smallest absolute Gasteiger partial charge is 0.327 e. The molecule has 6 nitrogen and oxygen atoms in total. The highest BCUT2D eigenvalue weighted by molar-refractivity contribution is 6.01. The first-order chi connectivity index (χ1) is 16.4. The molecule has 0 saturated carbocycles. The van der Waals surface area contributed by atoms with Crippen LogP contribution in [-0.2, 0) is 0 Å². The van der Waals surface area contributed by atoms with Gasteiger partial charge in [0.2, 0.25) is 5.82 Å². The zero-order valence-corrected chi connectivity index (χ0v) is 18.4. The van der Waals surface area contributed by atoms with Crippen LogP contribution in [0.3, 0.4) is 0 Å². The molecule has 1 aromatic heterocycles. The van der Waals surface area contributed by atoms with Crippen LogP contribution in [0.4, 0.5) is 19.3 Å². The monoisotopic (exact) mass is 458 g/mol. The van der Waals surface area contributed by atoms with Crippen molar-refractivity contribution >= 4 is 17.3 Å². The van der Waals surface area contributed by atoms with Crippen molar-refractivity contribution in [2.75, 3.05) is 4.90 Å². The molecule has 2 heterocycles. The summed E-state index contributed by atoms with van der Waals surface area (Å²) < 4.78 is 34.0. The maximum atomic E-state index is 14.3. The van der Waals surface area contributed by atoms with Gasteiger partial charge >= 0.3 is 6.03 Å². The lowest BCUT2D eigenvalue weighted by Crippen LogP contribution is -2.46. The minimum absolute atomic E-state index is 0.170. The average Bonchev–Trinajstić information content (AvgIpc) is 3.31. The fraction of sp³-hybridized carbons (Fsp3) is 0.115. The van der Waals surface area contributed by atoms with E-state index in [-0.39, 0.29) is 5.89 Å². The number of hydrogen-bond acceptors (Lipinski definition) is 4. The molecule has 8 heteroatoms. The largest absolute Gasteiger partial charge is 0.334 e. The summed E-state index contributed by atoms with van der Waals surface area (Å²) in [6.07, 6.45) is 0. The van der Waals surface area contributed by atoms with Gasteiger partial charge in [0.15, 0.2) is 0 Å². The number of aryl methyl sites for hydroxylation is 1. The summed E-state index contributed by atoms with van der Waals surface area (Å²) in [6, 6.07) is 18.6. The number of hydrogen-bond donors (Lipinski definition) is 1. The number of urea groups is 1. The Morgan fingerprint density at radius 2 is 1.76 bits per heavy atom. The lowest BCUT2D eigenvalue weighted by molar-refractivity contribution is 0.244. The number of amides is 2. The molecule has 3 aromatic carbocycles. The number of rotatable bonds is 4. The Morgan fingerprint density at radius 1 is 0.971 bits per heavy atom. The second-order valence-electron chi connectivity index (χ2n) is 7.99. The Hall–Kier alpha value is -4.33. The van der Waals surface area contributed by atoms with Crippen LogP contribution in [0.2, 0.25) is 0 Å². The molecule has 5 rings (SSSR count). The van der Waals surface area contributed by atoms with E-state index in [9.17, 15) is 13.6 Å². The topological polar surface area (TPSA) is 71.3 Å². The van der Waals surface area contributed by atoms with Gasteiger partial charge in [-0.05, 0) is 49.2 Å². The van der Waals surface area contributed by atoms with E-state index in [0.717, 1.165) is 5.56 Å². The second kappa shape index (κ2) is 8.55. The number of allylic oxidation sites excluding steroid dienone is 1. The predicted molar refractivity (Wildman–Crippen MR) is 124 cm³/mol. The van der Waals surface area contributed by atoms with Crippen molar-refractivity contribution < 1.29 is 18.1 Å². The minimum Gasteiger partial charge on any atom is -0.334 e. The molecule has 1 aliphatic heterocycles. The highest BCUT2D eigenvalue weighted by Gasteiger charge is 2.36. The quantitative estimate of drug-likeness (QED) is 0.406. The highest BCUT2D eigenvalue weighted by atomic mass is 19.1. The standard InChI is InChI=1S/C26H20F2N4O2/c1-15-11-12-20(14-21(15)28)32-16(2)22(23(29-26(32)33)18-9-6-10-19(27)13-18)25-30-24(31-34-25)17-7-4-3-5-8-17/h3-14,23H,1-2H3,(H,29,33). The number of nitrogens with one attached hydrogen (secondary N) is 1. The molecule has 4 aromatic rings. The second-order valence-corrected chi connectivity index (χ2v) is 7.99. The third-order valence-electron chi connectivity index (χ3n) is 5.77. The number of aromatic nitrogens is 2. The van der Waals surface area contributed by atoms with Crippen molar-refractivity contribution in [1.82, 2.24) is 15.5 Å². The van der Waals surface area contributed by atoms with Gasteiger partial charge in [-0.25, -0.2) is 13.6 Å². The molecule has 0 fully saturated rings. The van der Waals surface area contributed by atoms with Gasteiger partial charge in [-0.15, -0.1) is 0 Å². The SMILES string of the molecule is CC1=C(c2nc(-c3ccccc3)no2)C(c2cccc(F)c2)NC(=O)N1c1ccc(C)c(F)c1. The van der Waals surface area contributed by atoms with E-state index in [4.69, 9.17) is 4.52 Å². The third-order valence-corrected chi connectivity index (χ3v) is 5.77. The number of carbonyl (C=O) groups is 1. The molecular weight excluding hydrogens is 438 g/mol. The maximum absolute atomic E-state index is 14.3. The van der Waals surface area contributed by atoms with Crippen LogP contribution in [0.1, 0.15) is 30.0 Å². The first-order valence-electron chi connectivity index (χ1n) is 10.6. The van der Waals surface area contributed by atoms with Crippen LogP contribution < -0.4 is 10.2 Å². The van der Waals surface area contributed by atoms with Crippen molar-refractivity contribution in [3.05, 3.63) is 107 Å². The lowest BCUT2D eigenvalue weighted by Gasteiger charge is -2.35. The predicted octanol–water partition coefficient (Wildman–Crippen LogP) is 6.03. The fourth-order valence-corrected chi connectivity index (χ4v) is 4.03. The van der Waals surface area contributed by atoms with Crippen LogP contribution >= 0.6 is 0 Å². The van der Waals surface area contributed by atoms with Crippen molar-refractivity contribution in [1.29, 1.82) is 0 Å². The summed E-state index contributed by atoms with van der Waals surface area (Å²) in [4.78, 5) is 19.1. The molecule has 170 valence electrons. The van der Waals surface area contributed by atoms with E-state index >= 15 is 0 Å². The van der Waals surface area contributed by atoms with Crippen LogP contribution in [0.25, 0.3) is 17.0 Å². The Morgan fingerprint density at radius 3 is 2.50 bits per heavy atom. The van der Waals surface area contributed by atoms with E-state index < -0.39 is 23.7 Å². The molecule has 34 heavy (non-hydrogen) atoms. The van der Waals surface area contributed by atoms with E-state index in [2.05, 4.69) is 15.5 Å². The van der Waals surface area contributed by atoms with Crippen LogP contribution in [-0.4, -0.2) is 16.2 Å². The van der Waals surface area contributed by atoms with E-state index in [1.54, 1.807) is 38.1 Å². The van der Waals surface area contributed by atoms with Crippen molar-refractivity contribution in [3.63, 3.8) is 0 Å². The van der Waals surface area contributed by atoms with Crippen LogP contribution in [0, 0.1) is 18.6 Å². The van der Waals surface area contributed by atoms with Gasteiger partial charge in [0.1, 0.15) is 11.6 Å². The van der Waals surface area contributed by atoms with E-state index in [1.165, 1.54) is 23.1 Å². The van der Waals surface area contributed by atoms with Crippen LogP contribution in [0.5, 0.6) is 0 Å². The third kappa shape index (κ3) is 3.83. The van der Waals surface area contributed by atoms with Gasteiger partial charge in [0, 0.05) is 11.3 Å². The Kier molecular flexibility index (Phi) is 5.41. The first-order valence-corrected chi connectivity index (χ1v) is 10.6. The summed E-state index contributed by atoms with van der Waals surface area (Å²) >= 11 is 0. The first kappa shape index (κ1) is 21.5. The lowest BCUT2D eigenvalue weighted by atomic mass is 9.94. The van der Waals surface area contributed by atoms with Gasteiger partial charge in [-0.3, -0.25) is 4.90 Å². The molecule has 0 radical (unpaired) electrons. The molecule has 1 unspecified atom stereocenters. The van der Waals surface area contributed by atoms with Gasteiger partial charge < -0.3 is 9.84 Å². The minimum atomic E-state index is -0.751. The van der Waals surface area contributed by atoms with Gasteiger partial charge in [0.05, 0.1) is 17.3 Å². The molecule has 1 atom stereocenters. The Balaban J connectivity index is 1.67. The fourth-order valence-electron chi connectivity index (χ4n) is 4.03. The van der Waals surface area contributed by atoms with Gasteiger partial charge in [-0.2, -0.15) is 4.98 Å². The van der Waals surface area contributed by atoms with Crippen molar-refractivity contribution in [3.8, 4) is 11.4 Å². The number of benzene rings is 3. The van der Waals surface area contributed by atoms with Crippen LogP contribution in [0.15, 0.2) is 83.0 Å². The van der Waals surface area contributed by atoms with E-state index in [0.29, 0.717) is 33.9 Å². The zero-order chi connectivity index (χ0) is 23.8. The number of anilines is 1. The molecule has 0 bridgehead atoms. The zero-order valence-electron chi connectivity index (χ0n) is 18.4. The Labute approximate surface area is 194 Å². The number of carbonyl (C=O) groups excluding carboxylic acids is 1. The summed E-state index contributed by atoms with van der Waals surface area (Å²) in [5, 5.41) is 6.98. The molecular formula is C26H20F2N4O2. The van der Waals surface area contributed by atoms with Gasteiger partial charge in [-0.1, -0.05) is 53.7 Å². The molecule has 0 saturated heterocycles. The van der Waals surface area contributed by atoms with E-state index in [1.807, 2.05) is 30.3 Å². The summed E-state index contributed by atoms with van der Waals surface area (Å²) in [5.41, 5.74) is 3.03. The molecule has 2 amide bonds. The maximum Gasteiger partial charge on any atom is 0.327 e. The molecule has 1 N–H and O–H groups in total. The number of nitrogens with zero attached hydrogens (tertiary/aromatic N) is 3.